The average Bonchev–Trinajstić information content (AvgIpc) is 3.37. The van der Waals surface area contributed by atoms with Crippen LogP contribution in [-0.4, -0.2) is 38.4 Å². The molecule has 0 radical (unpaired) electrons. The lowest BCUT2D eigenvalue weighted by atomic mass is 9.97. The first-order valence-corrected chi connectivity index (χ1v) is 9.43. The Balaban J connectivity index is 1.31. The van der Waals surface area contributed by atoms with Crippen LogP contribution in [0.2, 0.25) is 0 Å². The monoisotopic (exact) mass is 372 g/mol. The summed E-state index contributed by atoms with van der Waals surface area (Å²) < 4.78 is 4.78. The van der Waals surface area contributed by atoms with Crippen LogP contribution in [0.15, 0.2) is 65.4 Å². The normalized spacial score (nSPS) is 17.4. The van der Waals surface area contributed by atoms with Gasteiger partial charge in [-0.2, -0.15) is 0 Å². The Hall–Kier alpha value is -3.25. The highest BCUT2D eigenvalue weighted by Gasteiger charge is 2.24. The third kappa shape index (κ3) is 3.34. The molecule has 5 rings (SSSR count). The van der Waals surface area contributed by atoms with E-state index in [9.17, 15) is 5.11 Å². The Morgan fingerprint density at radius 2 is 1.96 bits per heavy atom. The Labute approximate surface area is 162 Å². The van der Waals surface area contributed by atoms with Crippen LogP contribution < -0.4 is 0 Å². The van der Waals surface area contributed by atoms with Crippen molar-refractivity contribution >= 4 is 11.0 Å². The van der Waals surface area contributed by atoms with Crippen molar-refractivity contribution in [3.05, 3.63) is 71.9 Å². The third-order valence-corrected chi connectivity index (χ3v) is 5.39. The van der Waals surface area contributed by atoms with E-state index in [1.807, 2.05) is 30.5 Å². The zero-order chi connectivity index (χ0) is 18.9. The maximum atomic E-state index is 9.73. The van der Waals surface area contributed by atoms with Gasteiger partial charge in [-0.25, -0.2) is 4.63 Å². The lowest BCUT2D eigenvalue weighted by Gasteiger charge is -2.16. The second-order valence-electron chi connectivity index (χ2n) is 7.33. The molecule has 2 aromatic heterocycles. The largest absolute Gasteiger partial charge is 0.508 e. The number of pyridine rings is 1. The van der Waals surface area contributed by atoms with Crippen molar-refractivity contribution in [1.82, 2.24) is 20.2 Å². The first-order valence-electron chi connectivity index (χ1n) is 9.43. The number of aromatic hydroxyl groups is 1. The molecule has 1 fully saturated rings. The Morgan fingerprint density at radius 3 is 2.89 bits per heavy atom. The van der Waals surface area contributed by atoms with Crippen molar-refractivity contribution in [1.29, 1.82) is 0 Å². The third-order valence-electron chi connectivity index (χ3n) is 5.39. The van der Waals surface area contributed by atoms with Crippen LogP contribution in [0.5, 0.6) is 5.75 Å². The molecule has 0 saturated carbocycles. The van der Waals surface area contributed by atoms with Crippen molar-refractivity contribution < 1.29 is 9.74 Å². The van der Waals surface area contributed by atoms with Gasteiger partial charge in [0.05, 0.1) is 5.69 Å². The van der Waals surface area contributed by atoms with Crippen molar-refractivity contribution in [3.63, 3.8) is 0 Å². The van der Waals surface area contributed by atoms with Gasteiger partial charge in [-0.3, -0.25) is 9.88 Å². The molecule has 0 amide bonds. The number of likely N-dealkylation sites (tertiary alicyclic amines) is 1. The minimum absolute atomic E-state index is 0.260. The first-order chi connectivity index (χ1) is 13.7. The summed E-state index contributed by atoms with van der Waals surface area (Å²) in [6.07, 6.45) is 2.99. The van der Waals surface area contributed by atoms with Gasteiger partial charge < -0.3 is 5.11 Å². The van der Waals surface area contributed by atoms with E-state index >= 15 is 0 Å². The van der Waals surface area contributed by atoms with Gasteiger partial charge >= 0.3 is 0 Å². The smallest absolute Gasteiger partial charge is 0.135 e. The summed E-state index contributed by atoms with van der Waals surface area (Å²) in [6, 6.07) is 17.6. The minimum atomic E-state index is 0.260. The minimum Gasteiger partial charge on any atom is -0.508 e. The molecule has 4 aromatic rings. The van der Waals surface area contributed by atoms with Gasteiger partial charge in [0.2, 0.25) is 0 Å². The molecule has 1 unspecified atom stereocenters. The van der Waals surface area contributed by atoms with Crippen molar-refractivity contribution in [2.75, 3.05) is 13.1 Å². The van der Waals surface area contributed by atoms with Gasteiger partial charge in [0.25, 0.3) is 0 Å². The SMILES string of the molecule is Oc1cccc(-c2cc(C3CCN(Cc4ccc5nonc5c4)C3)ccn2)c1. The highest BCUT2D eigenvalue weighted by molar-refractivity contribution is 5.73. The second kappa shape index (κ2) is 7.05. The summed E-state index contributed by atoms with van der Waals surface area (Å²) in [5.41, 5.74) is 5.95. The zero-order valence-electron chi connectivity index (χ0n) is 15.3. The van der Waals surface area contributed by atoms with Crippen molar-refractivity contribution in [2.24, 2.45) is 0 Å². The van der Waals surface area contributed by atoms with Crippen LogP contribution in [0.3, 0.4) is 0 Å². The number of benzene rings is 2. The molecule has 1 atom stereocenters. The van der Waals surface area contributed by atoms with Crippen molar-refractivity contribution in [3.8, 4) is 17.0 Å². The van der Waals surface area contributed by atoms with Crippen molar-refractivity contribution in [2.45, 2.75) is 18.9 Å². The number of phenolic OH excluding ortho intramolecular Hbond substituents is 1. The van der Waals surface area contributed by atoms with E-state index < -0.39 is 0 Å². The van der Waals surface area contributed by atoms with Crippen LogP contribution in [-0.2, 0) is 6.54 Å². The average molecular weight is 372 g/mol. The second-order valence-corrected chi connectivity index (χ2v) is 7.33. The van der Waals surface area contributed by atoms with Gasteiger partial charge in [0, 0.05) is 24.8 Å². The quantitative estimate of drug-likeness (QED) is 0.584. The van der Waals surface area contributed by atoms with E-state index in [1.54, 1.807) is 12.1 Å². The van der Waals surface area contributed by atoms with Crippen LogP contribution in [0.1, 0.15) is 23.5 Å². The molecule has 6 nitrogen and oxygen atoms in total. The Morgan fingerprint density at radius 1 is 1.04 bits per heavy atom. The van der Waals surface area contributed by atoms with Crippen LogP contribution in [0.4, 0.5) is 0 Å². The van der Waals surface area contributed by atoms with Crippen LogP contribution in [0.25, 0.3) is 22.3 Å². The summed E-state index contributed by atoms with van der Waals surface area (Å²) in [7, 11) is 0. The summed E-state index contributed by atoms with van der Waals surface area (Å²) in [5, 5.41) is 17.5. The molecular formula is C22H20N4O2. The number of aromatic nitrogens is 3. The van der Waals surface area contributed by atoms with Crippen LogP contribution in [0, 0.1) is 0 Å². The summed E-state index contributed by atoms with van der Waals surface area (Å²) in [5.74, 6) is 0.743. The predicted molar refractivity (Wildman–Crippen MR) is 106 cm³/mol. The van der Waals surface area contributed by atoms with Gasteiger partial charge in [-0.05, 0) is 76.7 Å². The molecule has 0 bridgehead atoms. The summed E-state index contributed by atoms with van der Waals surface area (Å²) in [6.45, 7) is 2.96. The molecule has 6 heteroatoms. The fourth-order valence-electron chi connectivity index (χ4n) is 3.96. The molecule has 0 spiro atoms. The molecule has 0 aliphatic carbocycles. The van der Waals surface area contributed by atoms with E-state index in [4.69, 9.17) is 4.63 Å². The van der Waals surface area contributed by atoms with Gasteiger partial charge in [0.1, 0.15) is 16.8 Å². The Kier molecular flexibility index (Phi) is 4.25. The van der Waals surface area contributed by atoms with Gasteiger partial charge in [-0.15, -0.1) is 0 Å². The zero-order valence-corrected chi connectivity index (χ0v) is 15.3. The number of nitrogens with zero attached hydrogens (tertiary/aromatic N) is 4. The Bertz CT molecular complexity index is 1120. The molecule has 140 valence electrons. The predicted octanol–water partition coefficient (Wildman–Crippen LogP) is 3.98. The lowest BCUT2D eigenvalue weighted by molar-refractivity contribution is 0.315. The molecule has 1 saturated heterocycles. The highest BCUT2D eigenvalue weighted by atomic mass is 16.6. The fraction of sp³-hybridized carbons (Fsp3) is 0.227. The van der Waals surface area contributed by atoms with Gasteiger partial charge in [-0.1, -0.05) is 18.2 Å². The fourth-order valence-corrected chi connectivity index (χ4v) is 3.96. The number of rotatable bonds is 4. The molecule has 1 N–H and O–H groups in total. The molecule has 1 aliphatic heterocycles. The van der Waals surface area contributed by atoms with E-state index in [0.29, 0.717) is 5.92 Å². The maximum absolute atomic E-state index is 9.73. The topological polar surface area (TPSA) is 75.3 Å². The van der Waals surface area contributed by atoms with Crippen LogP contribution >= 0.6 is 0 Å². The van der Waals surface area contributed by atoms with E-state index in [0.717, 1.165) is 48.3 Å². The standard InChI is InChI=1S/C22H20N4O2/c27-19-3-1-2-17(11-19)21-12-16(6-8-23-21)18-7-9-26(14-18)13-15-4-5-20-22(10-15)25-28-24-20/h1-6,8,10-12,18,27H,7,9,13-14H2. The summed E-state index contributed by atoms with van der Waals surface area (Å²) in [4.78, 5) is 6.95. The van der Waals surface area contributed by atoms with E-state index in [1.165, 1.54) is 11.1 Å². The number of phenols is 1. The molecular weight excluding hydrogens is 352 g/mol. The molecule has 28 heavy (non-hydrogen) atoms. The molecule has 1 aliphatic rings. The first kappa shape index (κ1) is 16.9. The number of hydrogen-bond donors (Lipinski definition) is 1. The number of hydrogen-bond acceptors (Lipinski definition) is 6. The number of fused-ring (bicyclic) bond motifs is 1. The molecule has 3 heterocycles. The van der Waals surface area contributed by atoms with E-state index in [2.05, 4.69) is 38.4 Å². The molecule has 2 aromatic carbocycles. The van der Waals surface area contributed by atoms with Gasteiger partial charge in [0.15, 0.2) is 0 Å². The van der Waals surface area contributed by atoms with E-state index in [-0.39, 0.29) is 5.75 Å². The maximum Gasteiger partial charge on any atom is 0.135 e. The highest BCUT2D eigenvalue weighted by Crippen LogP contribution is 2.31. The summed E-state index contributed by atoms with van der Waals surface area (Å²) >= 11 is 0. The lowest BCUT2D eigenvalue weighted by Crippen LogP contribution is -2.19.